The Labute approximate surface area is 210 Å². The molecular formula is C24H21Cl2N3O2S2. The second-order valence-electron chi connectivity index (χ2n) is 7.21. The minimum Gasteiger partial charge on any atom is -0.486 e. The molecule has 0 unspecified atom stereocenters. The van der Waals surface area contributed by atoms with Crippen LogP contribution in [0.3, 0.4) is 0 Å². The monoisotopic (exact) mass is 517 g/mol. The number of aromatic nitrogens is 2. The van der Waals surface area contributed by atoms with E-state index >= 15 is 0 Å². The molecule has 0 spiro atoms. The zero-order valence-electron chi connectivity index (χ0n) is 17.8. The van der Waals surface area contributed by atoms with Gasteiger partial charge in [0.2, 0.25) is 0 Å². The van der Waals surface area contributed by atoms with Gasteiger partial charge >= 0.3 is 0 Å². The van der Waals surface area contributed by atoms with E-state index in [9.17, 15) is 4.79 Å². The Morgan fingerprint density at radius 3 is 2.73 bits per heavy atom. The summed E-state index contributed by atoms with van der Waals surface area (Å²) in [7, 11) is 0. The molecule has 0 saturated carbocycles. The molecule has 0 aliphatic rings. The summed E-state index contributed by atoms with van der Waals surface area (Å²) < 4.78 is 7.96. The van der Waals surface area contributed by atoms with Crippen LogP contribution in [-0.2, 0) is 13.2 Å². The molecule has 0 aliphatic carbocycles. The number of nitrogens with one attached hydrogen (secondary N) is 1. The molecule has 0 fully saturated rings. The lowest BCUT2D eigenvalue weighted by Gasteiger charge is -2.10. The summed E-state index contributed by atoms with van der Waals surface area (Å²) in [5.74, 6) is 0.456. The maximum Gasteiger partial charge on any atom is 0.253 e. The topological polar surface area (TPSA) is 56.1 Å². The van der Waals surface area contributed by atoms with Gasteiger partial charge in [-0.25, -0.2) is 4.98 Å². The molecule has 0 saturated heterocycles. The number of carbonyl (C=O) groups is 1. The first-order valence-corrected chi connectivity index (χ1v) is 12.6. The van der Waals surface area contributed by atoms with Crippen molar-refractivity contribution in [2.75, 3.05) is 6.54 Å². The largest absolute Gasteiger partial charge is 0.486 e. The summed E-state index contributed by atoms with van der Waals surface area (Å²) in [5, 5.41) is 8.73. The van der Waals surface area contributed by atoms with Crippen LogP contribution in [0.25, 0.3) is 11.4 Å². The number of ether oxygens (including phenoxy) is 1. The van der Waals surface area contributed by atoms with Gasteiger partial charge in [-0.2, -0.15) is 0 Å². The van der Waals surface area contributed by atoms with Crippen molar-refractivity contribution < 1.29 is 9.53 Å². The molecule has 3 aromatic heterocycles. The number of thiazole rings is 1. The van der Waals surface area contributed by atoms with Crippen molar-refractivity contribution in [1.82, 2.24) is 14.9 Å². The van der Waals surface area contributed by atoms with E-state index < -0.39 is 0 Å². The zero-order chi connectivity index (χ0) is 23.4. The molecule has 1 amide bonds. The quantitative estimate of drug-likeness (QED) is 0.247. The molecule has 1 aromatic carbocycles. The molecular weight excluding hydrogens is 497 g/mol. The first-order chi connectivity index (χ1) is 15.9. The summed E-state index contributed by atoms with van der Waals surface area (Å²) >= 11 is 15.3. The first kappa shape index (κ1) is 23.6. The van der Waals surface area contributed by atoms with Crippen LogP contribution in [0, 0.1) is 6.92 Å². The highest BCUT2D eigenvalue weighted by Gasteiger charge is 2.20. The SMILES string of the molecule is C=CCNC(=O)c1cc(-c2csc(COc3cc(Cl)cc(Cl)c3)n2)n(Cc2cccs2)c1C. The van der Waals surface area contributed by atoms with Crippen molar-refractivity contribution in [3.05, 3.63) is 91.0 Å². The van der Waals surface area contributed by atoms with Crippen LogP contribution in [-0.4, -0.2) is 22.0 Å². The third-order valence-electron chi connectivity index (χ3n) is 4.92. The van der Waals surface area contributed by atoms with Gasteiger partial charge in [0, 0.05) is 32.5 Å². The second-order valence-corrected chi connectivity index (χ2v) is 10.1. The number of halogens is 2. The van der Waals surface area contributed by atoms with Crippen LogP contribution in [0.15, 0.2) is 59.8 Å². The fraction of sp³-hybridized carbons (Fsp3) is 0.167. The lowest BCUT2D eigenvalue weighted by atomic mass is 10.2. The van der Waals surface area contributed by atoms with Crippen LogP contribution in [0.4, 0.5) is 0 Å². The smallest absolute Gasteiger partial charge is 0.253 e. The second kappa shape index (κ2) is 10.6. The van der Waals surface area contributed by atoms with E-state index in [0.717, 1.165) is 22.1 Å². The molecule has 0 radical (unpaired) electrons. The van der Waals surface area contributed by atoms with Crippen LogP contribution in [0.1, 0.15) is 25.9 Å². The van der Waals surface area contributed by atoms with Crippen molar-refractivity contribution in [2.24, 2.45) is 0 Å². The third-order valence-corrected chi connectivity index (χ3v) is 7.04. The van der Waals surface area contributed by atoms with Gasteiger partial charge in [0.05, 0.1) is 23.5 Å². The van der Waals surface area contributed by atoms with Crippen molar-refractivity contribution >= 4 is 51.8 Å². The highest BCUT2D eigenvalue weighted by molar-refractivity contribution is 7.10. The molecule has 1 N–H and O–H groups in total. The van der Waals surface area contributed by atoms with Crippen LogP contribution in [0.2, 0.25) is 10.0 Å². The number of hydrogen-bond acceptors (Lipinski definition) is 5. The lowest BCUT2D eigenvalue weighted by molar-refractivity contribution is 0.0957. The van der Waals surface area contributed by atoms with E-state index in [1.165, 1.54) is 16.2 Å². The Bertz CT molecular complexity index is 1260. The first-order valence-electron chi connectivity index (χ1n) is 10.1. The summed E-state index contributed by atoms with van der Waals surface area (Å²) in [5.41, 5.74) is 3.20. The number of hydrogen-bond donors (Lipinski definition) is 1. The van der Waals surface area contributed by atoms with E-state index in [1.54, 1.807) is 35.6 Å². The Balaban J connectivity index is 1.61. The van der Waals surface area contributed by atoms with E-state index in [-0.39, 0.29) is 5.91 Å². The molecule has 170 valence electrons. The normalized spacial score (nSPS) is 10.9. The maximum atomic E-state index is 12.7. The number of benzene rings is 1. The molecule has 4 rings (SSSR count). The van der Waals surface area contributed by atoms with Gasteiger partial charge in [-0.1, -0.05) is 35.3 Å². The standard InChI is InChI=1S/C24H21Cl2N3O2S2/c1-3-6-27-24(30)20-11-22(29(15(20)2)12-19-5-4-7-32-19)21-14-33-23(28-21)13-31-18-9-16(25)8-17(26)10-18/h3-5,7-11,14H,1,6,12-13H2,2H3,(H,27,30). The van der Waals surface area contributed by atoms with Crippen molar-refractivity contribution in [3.8, 4) is 17.1 Å². The predicted octanol–water partition coefficient (Wildman–Crippen LogP) is 6.83. The number of rotatable bonds is 9. The summed E-state index contributed by atoms with van der Waals surface area (Å²) in [6.07, 6.45) is 1.66. The van der Waals surface area contributed by atoms with E-state index in [0.29, 0.717) is 41.1 Å². The Morgan fingerprint density at radius 2 is 2.03 bits per heavy atom. The lowest BCUT2D eigenvalue weighted by Crippen LogP contribution is -2.23. The molecule has 33 heavy (non-hydrogen) atoms. The molecule has 0 atom stereocenters. The fourth-order valence-corrected chi connectivity index (χ4v) is 5.26. The van der Waals surface area contributed by atoms with E-state index in [1.807, 2.05) is 29.8 Å². The molecule has 0 bridgehead atoms. The molecule has 5 nitrogen and oxygen atoms in total. The van der Waals surface area contributed by atoms with Gasteiger partial charge in [-0.05, 0) is 42.6 Å². The summed E-state index contributed by atoms with van der Waals surface area (Å²) in [6.45, 7) is 6.99. The third kappa shape index (κ3) is 5.68. The molecule has 0 aliphatic heterocycles. The Hall–Kier alpha value is -2.58. The summed E-state index contributed by atoms with van der Waals surface area (Å²) in [4.78, 5) is 18.7. The van der Waals surface area contributed by atoms with Crippen molar-refractivity contribution in [3.63, 3.8) is 0 Å². The number of nitrogens with zero attached hydrogens (tertiary/aromatic N) is 2. The van der Waals surface area contributed by atoms with Crippen molar-refractivity contribution in [1.29, 1.82) is 0 Å². The highest BCUT2D eigenvalue weighted by atomic mass is 35.5. The molecule has 4 aromatic rings. The Kier molecular flexibility index (Phi) is 7.55. The van der Waals surface area contributed by atoms with Gasteiger partial charge < -0.3 is 14.6 Å². The molecule has 3 heterocycles. The number of thiophene rings is 1. The maximum absolute atomic E-state index is 12.7. The number of carbonyl (C=O) groups excluding carboxylic acids is 1. The van der Waals surface area contributed by atoms with Gasteiger partial charge in [-0.3, -0.25) is 4.79 Å². The van der Waals surface area contributed by atoms with Gasteiger partial charge in [-0.15, -0.1) is 29.3 Å². The van der Waals surface area contributed by atoms with Gasteiger partial charge in [0.15, 0.2) is 0 Å². The minimum atomic E-state index is -0.129. The van der Waals surface area contributed by atoms with E-state index in [4.69, 9.17) is 32.9 Å². The van der Waals surface area contributed by atoms with Gasteiger partial charge in [0.1, 0.15) is 17.4 Å². The predicted molar refractivity (Wildman–Crippen MR) is 137 cm³/mol. The van der Waals surface area contributed by atoms with E-state index in [2.05, 4.69) is 22.5 Å². The van der Waals surface area contributed by atoms with Crippen molar-refractivity contribution in [2.45, 2.75) is 20.1 Å². The Morgan fingerprint density at radius 1 is 1.24 bits per heavy atom. The number of amides is 1. The van der Waals surface area contributed by atoms with Gasteiger partial charge in [0.25, 0.3) is 5.91 Å². The average Bonchev–Trinajstić information content (AvgIpc) is 3.52. The summed E-state index contributed by atoms with van der Waals surface area (Å²) in [6, 6.07) is 11.1. The fourth-order valence-electron chi connectivity index (χ4n) is 3.36. The van der Waals surface area contributed by atoms with Crippen LogP contribution in [0.5, 0.6) is 5.75 Å². The average molecular weight is 518 g/mol. The van der Waals surface area contributed by atoms with Crippen LogP contribution >= 0.6 is 45.9 Å². The molecule has 9 heteroatoms. The van der Waals surface area contributed by atoms with Crippen LogP contribution < -0.4 is 10.1 Å². The minimum absolute atomic E-state index is 0.129. The zero-order valence-corrected chi connectivity index (χ0v) is 21.0. The highest BCUT2D eigenvalue weighted by Crippen LogP contribution is 2.30.